The summed E-state index contributed by atoms with van der Waals surface area (Å²) in [7, 11) is 1.46. The molecule has 1 aromatic carbocycles. The number of anilines is 1. The van der Waals surface area contributed by atoms with Crippen molar-refractivity contribution >= 4 is 17.0 Å². The molecule has 5 heteroatoms. The molecule has 3 nitrogen and oxygen atoms in total. The maximum atomic E-state index is 13.3. The number of rotatable bonds is 4. The van der Waals surface area contributed by atoms with Gasteiger partial charge in [-0.2, -0.15) is 0 Å². The summed E-state index contributed by atoms with van der Waals surface area (Å²) < 4.78 is 18.3. The van der Waals surface area contributed by atoms with Gasteiger partial charge in [0.2, 0.25) is 0 Å². The maximum absolute atomic E-state index is 13.3. The fourth-order valence-corrected chi connectivity index (χ4v) is 2.60. The molecule has 0 fully saturated rings. The third-order valence-corrected chi connectivity index (χ3v) is 4.24. The van der Waals surface area contributed by atoms with Crippen LogP contribution in [0.4, 0.5) is 10.1 Å². The van der Waals surface area contributed by atoms with E-state index in [0.29, 0.717) is 6.54 Å². The van der Waals surface area contributed by atoms with Crippen LogP contribution in [-0.4, -0.2) is 12.1 Å². The van der Waals surface area contributed by atoms with Gasteiger partial charge in [-0.15, -0.1) is 11.3 Å². The molecule has 1 N–H and O–H groups in total. The quantitative estimate of drug-likeness (QED) is 0.917. The number of aromatic nitrogens is 1. The molecule has 1 aromatic heterocycles. The SMILES string of the molecule is COc1cc(NCc2cnc(C(C)(C)C)s2)ccc1F. The summed E-state index contributed by atoms with van der Waals surface area (Å²) in [5, 5.41) is 4.37. The minimum atomic E-state index is -0.356. The average Bonchev–Trinajstić information content (AvgIpc) is 2.86. The highest BCUT2D eigenvalue weighted by molar-refractivity contribution is 7.11. The third kappa shape index (κ3) is 3.48. The minimum absolute atomic E-state index is 0.0714. The molecule has 0 saturated heterocycles. The first-order valence-corrected chi connectivity index (χ1v) is 7.24. The highest BCUT2D eigenvalue weighted by Gasteiger charge is 2.17. The number of nitrogens with zero attached hydrogens (tertiary/aromatic N) is 1. The normalized spacial score (nSPS) is 11.4. The predicted octanol–water partition coefficient (Wildman–Crippen LogP) is 4.20. The van der Waals surface area contributed by atoms with Gasteiger partial charge in [0, 0.05) is 28.2 Å². The van der Waals surface area contributed by atoms with Crippen molar-refractivity contribution in [3.05, 3.63) is 40.1 Å². The number of hydrogen-bond acceptors (Lipinski definition) is 4. The van der Waals surface area contributed by atoms with E-state index in [0.717, 1.165) is 15.6 Å². The van der Waals surface area contributed by atoms with E-state index in [1.54, 1.807) is 23.5 Å². The molecule has 0 aliphatic heterocycles. The Kier molecular flexibility index (Phi) is 4.28. The summed E-state index contributed by atoms with van der Waals surface area (Å²) in [6.45, 7) is 7.11. The second-order valence-electron chi connectivity index (χ2n) is 5.58. The molecule has 0 unspecified atom stereocenters. The van der Waals surface area contributed by atoms with Crippen molar-refractivity contribution in [2.45, 2.75) is 32.7 Å². The molecule has 2 rings (SSSR count). The second-order valence-corrected chi connectivity index (χ2v) is 6.70. The highest BCUT2D eigenvalue weighted by atomic mass is 32.1. The smallest absolute Gasteiger partial charge is 0.165 e. The number of thiazole rings is 1. The van der Waals surface area contributed by atoms with Crippen LogP contribution in [0.2, 0.25) is 0 Å². The molecule has 20 heavy (non-hydrogen) atoms. The van der Waals surface area contributed by atoms with Crippen LogP contribution in [0.1, 0.15) is 30.7 Å². The van der Waals surface area contributed by atoms with Gasteiger partial charge in [-0.05, 0) is 12.1 Å². The van der Waals surface area contributed by atoms with Crippen LogP contribution in [0, 0.1) is 5.82 Å². The van der Waals surface area contributed by atoms with E-state index in [9.17, 15) is 4.39 Å². The van der Waals surface area contributed by atoms with E-state index in [2.05, 4.69) is 31.1 Å². The first-order valence-electron chi connectivity index (χ1n) is 6.43. The van der Waals surface area contributed by atoms with Crippen molar-refractivity contribution in [2.24, 2.45) is 0 Å². The molecule has 108 valence electrons. The molecular weight excluding hydrogens is 275 g/mol. The molecule has 0 aliphatic rings. The molecule has 0 aliphatic carbocycles. The van der Waals surface area contributed by atoms with Crippen LogP contribution < -0.4 is 10.1 Å². The minimum Gasteiger partial charge on any atom is -0.494 e. The molecule has 0 bridgehead atoms. The lowest BCUT2D eigenvalue weighted by atomic mass is 9.98. The Hall–Kier alpha value is -1.62. The average molecular weight is 294 g/mol. The maximum Gasteiger partial charge on any atom is 0.165 e. The monoisotopic (exact) mass is 294 g/mol. The lowest BCUT2D eigenvalue weighted by Crippen LogP contribution is -2.09. The molecular formula is C15H19FN2OS. The number of halogens is 1. The van der Waals surface area contributed by atoms with Crippen molar-refractivity contribution in [1.29, 1.82) is 0 Å². The first kappa shape index (κ1) is 14.8. The van der Waals surface area contributed by atoms with E-state index in [1.807, 2.05) is 6.20 Å². The Morgan fingerprint density at radius 3 is 2.70 bits per heavy atom. The number of nitrogens with one attached hydrogen (secondary N) is 1. The third-order valence-electron chi connectivity index (χ3n) is 2.81. The zero-order valence-electron chi connectivity index (χ0n) is 12.2. The fourth-order valence-electron chi connectivity index (χ4n) is 1.69. The predicted molar refractivity (Wildman–Crippen MR) is 81.1 cm³/mol. The van der Waals surface area contributed by atoms with Gasteiger partial charge < -0.3 is 10.1 Å². The fraction of sp³-hybridized carbons (Fsp3) is 0.400. The lowest BCUT2D eigenvalue weighted by Gasteiger charge is -2.13. The number of hydrogen-bond donors (Lipinski definition) is 1. The van der Waals surface area contributed by atoms with Crippen LogP contribution in [0.5, 0.6) is 5.75 Å². The molecule has 0 radical (unpaired) electrons. The summed E-state index contributed by atoms with van der Waals surface area (Å²) in [5.41, 5.74) is 0.899. The largest absolute Gasteiger partial charge is 0.494 e. The van der Waals surface area contributed by atoms with Crippen LogP contribution >= 0.6 is 11.3 Å². The van der Waals surface area contributed by atoms with Crippen molar-refractivity contribution in [2.75, 3.05) is 12.4 Å². The van der Waals surface area contributed by atoms with Gasteiger partial charge in [0.05, 0.1) is 18.7 Å². The van der Waals surface area contributed by atoms with Crippen molar-refractivity contribution in [1.82, 2.24) is 4.98 Å². The highest BCUT2D eigenvalue weighted by Crippen LogP contribution is 2.27. The lowest BCUT2D eigenvalue weighted by molar-refractivity contribution is 0.387. The van der Waals surface area contributed by atoms with E-state index in [-0.39, 0.29) is 17.0 Å². The van der Waals surface area contributed by atoms with E-state index < -0.39 is 0 Å². The van der Waals surface area contributed by atoms with Gasteiger partial charge >= 0.3 is 0 Å². The second kappa shape index (κ2) is 5.79. The Morgan fingerprint density at radius 2 is 2.10 bits per heavy atom. The van der Waals surface area contributed by atoms with Gasteiger partial charge in [-0.3, -0.25) is 0 Å². The first-order chi connectivity index (χ1) is 9.40. The van der Waals surface area contributed by atoms with Gasteiger partial charge in [-0.1, -0.05) is 20.8 Å². The summed E-state index contributed by atoms with van der Waals surface area (Å²) in [6.07, 6.45) is 1.89. The Labute approximate surface area is 122 Å². The van der Waals surface area contributed by atoms with E-state index in [1.165, 1.54) is 13.2 Å². The molecule has 0 amide bonds. The van der Waals surface area contributed by atoms with Gasteiger partial charge in [0.1, 0.15) is 0 Å². The molecule has 0 atom stereocenters. The summed E-state index contributed by atoms with van der Waals surface area (Å²) in [4.78, 5) is 5.59. The Bertz CT molecular complexity index is 590. The molecule has 0 spiro atoms. The van der Waals surface area contributed by atoms with Crippen molar-refractivity contribution in [3.63, 3.8) is 0 Å². The molecule has 2 aromatic rings. The van der Waals surface area contributed by atoms with Crippen LogP contribution in [0.15, 0.2) is 24.4 Å². The summed E-state index contributed by atoms with van der Waals surface area (Å²) >= 11 is 1.69. The van der Waals surface area contributed by atoms with Crippen LogP contribution in [-0.2, 0) is 12.0 Å². The van der Waals surface area contributed by atoms with Crippen molar-refractivity contribution in [3.8, 4) is 5.75 Å². The zero-order valence-corrected chi connectivity index (χ0v) is 13.0. The number of benzene rings is 1. The van der Waals surface area contributed by atoms with Crippen LogP contribution in [0.3, 0.4) is 0 Å². The van der Waals surface area contributed by atoms with Gasteiger partial charge in [0.15, 0.2) is 11.6 Å². The summed E-state index contributed by atoms with van der Waals surface area (Å²) in [5.74, 6) is -0.111. The Balaban J connectivity index is 2.04. The molecule has 1 heterocycles. The molecule has 0 saturated carbocycles. The zero-order chi connectivity index (χ0) is 14.8. The van der Waals surface area contributed by atoms with E-state index in [4.69, 9.17) is 4.74 Å². The Morgan fingerprint density at radius 1 is 1.35 bits per heavy atom. The van der Waals surface area contributed by atoms with E-state index >= 15 is 0 Å². The summed E-state index contributed by atoms with van der Waals surface area (Å²) in [6, 6.07) is 4.75. The standard InChI is InChI=1S/C15H19FN2OS/c1-15(2,3)14-18-9-11(20-14)8-17-10-5-6-12(16)13(7-10)19-4/h5-7,9,17H,8H2,1-4H3. The van der Waals surface area contributed by atoms with Crippen molar-refractivity contribution < 1.29 is 9.13 Å². The number of ether oxygens (including phenoxy) is 1. The topological polar surface area (TPSA) is 34.1 Å². The van der Waals surface area contributed by atoms with Gasteiger partial charge in [-0.25, -0.2) is 9.37 Å². The number of methoxy groups -OCH3 is 1. The van der Waals surface area contributed by atoms with Gasteiger partial charge in [0.25, 0.3) is 0 Å². The van der Waals surface area contributed by atoms with Crippen LogP contribution in [0.25, 0.3) is 0 Å².